The monoisotopic (exact) mass is 347 g/mol. The first-order valence-corrected chi connectivity index (χ1v) is 9.25. The molecule has 0 unspecified atom stereocenters. The molecule has 0 aliphatic heterocycles. The fraction of sp³-hybridized carbons (Fsp3) is 0.889. The van der Waals surface area contributed by atoms with Crippen LogP contribution in [0.2, 0.25) is 0 Å². The minimum Gasteiger partial charge on any atom is -0.395 e. The summed E-state index contributed by atoms with van der Waals surface area (Å²) in [4.78, 5) is 0. The first-order valence-electron chi connectivity index (χ1n) is 9.25. The van der Waals surface area contributed by atoms with Crippen molar-refractivity contribution in [2.45, 2.75) is 95.2 Å². The van der Waals surface area contributed by atoms with Gasteiger partial charge in [0.15, 0.2) is 0 Å². The second-order valence-electron chi connectivity index (χ2n) is 6.61. The summed E-state index contributed by atoms with van der Waals surface area (Å²) in [6.07, 6.45) is 14.7. The van der Waals surface area contributed by atoms with Crippen molar-refractivity contribution in [3.8, 4) is 0 Å². The second-order valence-corrected chi connectivity index (χ2v) is 6.61. The summed E-state index contributed by atoms with van der Waals surface area (Å²) in [5.74, 6) is -2.50. The Hall–Kier alpha value is -0.500. The van der Waals surface area contributed by atoms with Crippen LogP contribution in [0, 0.1) is 0 Å². The number of aliphatic hydroxyl groups excluding tert-OH is 2. The molecule has 0 radical (unpaired) electrons. The maximum Gasteiger partial charge on any atom is 0.275 e. The van der Waals surface area contributed by atoms with Crippen LogP contribution in [0.5, 0.6) is 0 Å². The number of allylic oxidation sites excluding steroid dienone is 1. The molecule has 0 fully saturated rings. The van der Waals surface area contributed by atoms with Gasteiger partial charge in [-0.25, -0.2) is 0 Å². The summed E-state index contributed by atoms with van der Waals surface area (Å²) in [6.45, 7) is -0.212. The van der Waals surface area contributed by atoms with Crippen molar-refractivity contribution >= 4 is 0 Å². The van der Waals surface area contributed by atoms with E-state index in [9.17, 15) is 5.11 Å². The molecule has 144 valence electrons. The van der Waals surface area contributed by atoms with Crippen LogP contribution in [0.4, 0.5) is 0 Å². The second kappa shape index (κ2) is 14.8. The van der Waals surface area contributed by atoms with Gasteiger partial charge in [0.1, 0.15) is 0 Å². The molecule has 2 atom stereocenters. The highest BCUT2D eigenvalue weighted by Gasteiger charge is 2.16. The van der Waals surface area contributed by atoms with E-state index >= 15 is 0 Å². The standard InChI is InChI=1S/C18H37NO5/c19-16(15-20)17(21)13-11-9-7-5-3-1-2-4-6-8-10-12-14-18(22,23)24/h11,13,16-17,20-24H,1-10,12,14-15,19H2/b13-11+/t16-,17+/m0/s1. The van der Waals surface area contributed by atoms with Crippen LogP contribution in [0.1, 0.15) is 77.0 Å². The molecule has 0 aromatic heterocycles. The minimum absolute atomic E-state index is 0.0183. The van der Waals surface area contributed by atoms with Crippen molar-refractivity contribution in [1.29, 1.82) is 0 Å². The third kappa shape index (κ3) is 16.4. The molecule has 0 saturated carbocycles. The van der Waals surface area contributed by atoms with Crippen molar-refractivity contribution in [2.75, 3.05) is 6.61 Å². The predicted octanol–water partition coefficient (Wildman–Crippen LogP) is 1.53. The Labute approximate surface area is 146 Å². The molecule has 0 aromatic rings. The van der Waals surface area contributed by atoms with Gasteiger partial charge < -0.3 is 31.3 Å². The number of unbranched alkanes of at least 4 members (excludes halogenated alkanes) is 10. The molecule has 0 rings (SSSR count). The molecule has 0 saturated heterocycles. The van der Waals surface area contributed by atoms with Crippen molar-refractivity contribution in [3.05, 3.63) is 12.2 Å². The third-order valence-corrected chi connectivity index (χ3v) is 4.12. The molecule has 7 N–H and O–H groups in total. The average molecular weight is 347 g/mol. The molecule has 0 aromatic carbocycles. The van der Waals surface area contributed by atoms with Gasteiger partial charge in [-0.1, -0.05) is 63.5 Å². The van der Waals surface area contributed by atoms with E-state index in [1.807, 2.05) is 6.08 Å². The van der Waals surface area contributed by atoms with Crippen molar-refractivity contribution in [2.24, 2.45) is 5.73 Å². The van der Waals surface area contributed by atoms with Crippen LogP contribution in [-0.2, 0) is 0 Å². The Morgan fingerprint density at radius 3 is 1.71 bits per heavy atom. The zero-order valence-corrected chi connectivity index (χ0v) is 14.8. The highest BCUT2D eigenvalue weighted by molar-refractivity contribution is 4.93. The Kier molecular flexibility index (Phi) is 14.5. The van der Waals surface area contributed by atoms with E-state index in [2.05, 4.69) is 0 Å². The summed E-state index contributed by atoms with van der Waals surface area (Å²) in [7, 11) is 0. The maximum absolute atomic E-state index is 9.53. The summed E-state index contributed by atoms with van der Waals surface area (Å²) in [5, 5.41) is 44.5. The average Bonchev–Trinajstić information content (AvgIpc) is 2.53. The van der Waals surface area contributed by atoms with Gasteiger partial charge in [0.05, 0.1) is 18.8 Å². The first kappa shape index (κ1) is 23.5. The molecule has 0 spiro atoms. The molecule has 0 aliphatic carbocycles. The molecule has 6 nitrogen and oxygen atoms in total. The van der Waals surface area contributed by atoms with Gasteiger partial charge >= 0.3 is 0 Å². The Morgan fingerprint density at radius 2 is 1.25 bits per heavy atom. The van der Waals surface area contributed by atoms with E-state index < -0.39 is 18.1 Å². The lowest BCUT2D eigenvalue weighted by molar-refractivity contribution is -0.315. The van der Waals surface area contributed by atoms with Crippen molar-refractivity contribution in [3.63, 3.8) is 0 Å². The van der Waals surface area contributed by atoms with Crippen LogP contribution in [0.3, 0.4) is 0 Å². The molecule has 0 bridgehead atoms. The van der Waals surface area contributed by atoms with Gasteiger partial charge in [-0.2, -0.15) is 0 Å². The van der Waals surface area contributed by atoms with Crippen LogP contribution in [-0.4, -0.2) is 50.3 Å². The molecule has 24 heavy (non-hydrogen) atoms. The largest absolute Gasteiger partial charge is 0.395 e. The van der Waals surface area contributed by atoms with Gasteiger partial charge in [0, 0.05) is 6.42 Å². The molecule has 0 heterocycles. The van der Waals surface area contributed by atoms with Crippen molar-refractivity contribution < 1.29 is 25.5 Å². The zero-order chi connectivity index (χ0) is 18.3. The molecule has 0 aliphatic rings. The fourth-order valence-electron chi connectivity index (χ4n) is 2.52. The van der Waals surface area contributed by atoms with E-state index in [-0.39, 0.29) is 13.0 Å². The lowest BCUT2D eigenvalue weighted by Crippen LogP contribution is -2.36. The number of aliphatic hydroxyl groups is 5. The molecule has 0 amide bonds. The van der Waals surface area contributed by atoms with E-state index in [1.165, 1.54) is 32.1 Å². The smallest absolute Gasteiger partial charge is 0.275 e. The van der Waals surface area contributed by atoms with E-state index in [0.717, 1.165) is 32.1 Å². The van der Waals surface area contributed by atoms with Gasteiger partial charge in [0.25, 0.3) is 5.97 Å². The molecular weight excluding hydrogens is 310 g/mol. The van der Waals surface area contributed by atoms with Gasteiger partial charge in [-0.15, -0.1) is 0 Å². The Bertz CT molecular complexity index is 304. The predicted molar refractivity (Wildman–Crippen MR) is 95.0 cm³/mol. The zero-order valence-electron chi connectivity index (χ0n) is 14.8. The maximum atomic E-state index is 9.53. The summed E-state index contributed by atoms with van der Waals surface area (Å²) >= 11 is 0. The quantitative estimate of drug-likeness (QED) is 0.143. The summed E-state index contributed by atoms with van der Waals surface area (Å²) in [5.41, 5.74) is 5.50. The number of hydrogen-bond donors (Lipinski definition) is 6. The van der Waals surface area contributed by atoms with Gasteiger partial charge in [0.2, 0.25) is 0 Å². The highest BCUT2D eigenvalue weighted by Crippen LogP contribution is 2.14. The summed E-state index contributed by atoms with van der Waals surface area (Å²) in [6, 6.07) is -0.597. The van der Waals surface area contributed by atoms with E-state index in [1.54, 1.807) is 6.08 Å². The van der Waals surface area contributed by atoms with Crippen molar-refractivity contribution in [1.82, 2.24) is 0 Å². The lowest BCUT2D eigenvalue weighted by atomic mass is 10.0. The number of hydrogen-bond acceptors (Lipinski definition) is 6. The van der Waals surface area contributed by atoms with E-state index in [0.29, 0.717) is 6.42 Å². The van der Waals surface area contributed by atoms with E-state index in [4.69, 9.17) is 26.2 Å². The highest BCUT2D eigenvalue weighted by atomic mass is 16.7. The minimum atomic E-state index is -2.50. The third-order valence-electron chi connectivity index (χ3n) is 4.12. The first-order chi connectivity index (χ1) is 11.4. The molecular formula is C18H37NO5. The molecule has 6 heteroatoms. The van der Waals surface area contributed by atoms with Crippen LogP contribution in [0.15, 0.2) is 12.2 Å². The number of nitrogens with two attached hydrogens (primary N) is 1. The Morgan fingerprint density at radius 1 is 0.792 bits per heavy atom. The lowest BCUT2D eigenvalue weighted by Gasteiger charge is -2.12. The van der Waals surface area contributed by atoms with Gasteiger partial charge in [-0.05, 0) is 19.3 Å². The summed E-state index contributed by atoms with van der Waals surface area (Å²) < 4.78 is 0. The number of rotatable bonds is 16. The normalized spacial score (nSPS) is 15.1. The Balaban J connectivity index is 3.25. The van der Waals surface area contributed by atoms with Crippen LogP contribution < -0.4 is 5.73 Å². The van der Waals surface area contributed by atoms with Gasteiger partial charge in [-0.3, -0.25) is 0 Å². The van der Waals surface area contributed by atoms with Crippen LogP contribution >= 0.6 is 0 Å². The SMILES string of the molecule is N[C@@H](CO)[C@H](O)/C=C/CCCCCCCCCCCCC(O)(O)O. The topological polar surface area (TPSA) is 127 Å². The fourth-order valence-corrected chi connectivity index (χ4v) is 2.52. The van der Waals surface area contributed by atoms with Crippen LogP contribution in [0.25, 0.3) is 0 Å².